The molecule has 0 N–H and O–H groups in total. The zero-order valence-electron chi connectivity index (χ0n) is 18.3. The summed E-state index contributed by atoms with van der Waals surface area (Å²) in [5.41, 5.74) is -0.473. The molecule has 1 fully saturated rings. The van der Waals surface area contributed by atoms with E-state index in [1.807, 2.05) is 6.92 Å². The van der Waals surface area contributed by atoms with E-state index in [1.54, 1.807) is 0 Å². The quantitative estimate of drug-likeness (QED) is 0.346. The molecule has 1 aliphatic rings. The van der Waals surface area contributed by atoms with Gasteiger partial charge in [-0.25, -0.2) is 9.59 Å². The monoisotopic (exact) mass is 432 g/mol. The maximum absolute atomic E-state index is 12.4. The standard InChI is InChI=1S/C18H36O6Si3/c1-10-17(22-16(20)12-11-15(19)21-4)27(24-25(5,6)7)14-13-18(2,3)23-26(27,8)9/h11-12,17H,10,13-14H2,1-9H3. The predicted molar refractivity (Wildman–Crippen MR) is 114 cm³/mol. The Morgan fingerprint density at radius 2 is 1.74 bits per heavy atom. The van der Waals surface area contributed by atoms with Crippen LogP contribution in [0.4, 0.5) is 0 Å². The molecule has 2 atom stereocenters. The van der Waals surface area contributed by atoms with Gasteiger partial charge in [-0.05, 0) is 65.5 Å². The number of hydrogen-bond donors (Lipinski definition) is 0. The molecule has 0 aromatic carbocycles. The van der Waals surface area contributed by atoms with Gasteiger partial charge in [-0.1, -0.05) is 6.92 Å². The summed E-state index contributed by atoms with van der Waals surface area (Å²) in [4.78, 5) is 23.6. The van der Waals surface area contributed by atoms with Crippen LogP contribution >= 0.6 is 0 Å². The molecule has 1 heterocycles. The molecule has 156 valence electrons. The molecule has 0 saturated carbocycles. The lowest BCUT2D eigenvalue weighted by Crippen LogP contribution is -2.76. The molecule has 0 aromatic heterocycles. The topological polar surface area (TPSA) is 71.1 Å². The van der Waals surface area contributed by atoms with Crippen LogP contribution in [0.3, 0.4) is 0 Å². The molecule has 6 nitrogen and oxygen atoms in total. The Hall–Kier alpha value is -0.749. The second kappa shape index (κ2) is 8.73. The van der Waals surface area contributed by atoms with E-state index < -0.39 is 35.9 Å². The first-order valence-electron chi connectivity index (χ1n) is 9.55. The molecule has 1 saturated heterocycles. The summed E-state index contributed by atoms with van der Waals surface area (Å²) in [6.07, 6.45) is 3.79. The Labute approximate surface area is 166 Å². The Kier molecular flexibility index (Phi) is 7.85. The van der Waals surface area contributed by atoms with Crippen LogP contribution < -0.4 is 0 Å². The number of methoxy groups -OCH3 is 1. The van der Waals surface area contributed by atoms with Crippen molar-refractivity contribution < 1.29 is 27.6 Å². The fraction of sp³-hybridized carbons (Fsp3) is 0.778. The normalized spacial score (nSPS) is 25.8. The lowest BCUT2D eigenvalue weighted by atomic mass is 10.1. The molecule has 0 radical (unpaired) electrons. The highest BCUT2D eigenvalue weighted by Crippen LogP contribution is 2.44. The summed E-state index contributed by atoms with van der Waals surface area (Å²) in [5.74, 6) is -1.12. The number of rotatable bonds is 7. The molecule has 1 rings (SSSR count). The number of carbonyl (C=O) groups excluding carboxylic acids is 2. The number of ether oxygens (including phenoxy) is 2. The van der Waals surface area contributed by atoms with Gasteiger partial charge in [-0.2, -0.15) is 0 Å². The minimum absolute atomic E-state index is 0.178. The Bertz CT molecular complexity index is 582. The van der Waals surface area contributed by atoms with Crippen molar-refractivity contribution in [1.82, 2.24) is 0 Å². The minimum atomic E-state index is -2.51. The fourth-order valence-electron chi connectivity index (χ4n) is 3.84. The number of carbonyl (C=O) groups is 2. The third kappa shape index (κ3) is 6.38. The van der Waals surface area contributed by atoms with Gasteiger partial charge in [0.05, 0.1) is 12.7 Å². The predicted octanol–water partition coefficient (Wildman–Crippen LogP) is 3.86. The van der Waals surface area contributed by atoms with Crippen molar-refractivity contribution in [1.29, 1.82) is 0 Å². The average Bonchev–Trinajstić information content (AvgIpc) is 2.51. The van der Waals surface area contributed by atoms with Gasteiger partial charge in [0.25, 0.3) is 0 Å². The van der Waals surface area contributed by atoms with Gasteiger partial charge in [-0.3, -0.25) is 0 Å². The van der Waals surface area contributed by atoms with Crippen molar-refractivity contribution in [3.05, 3.63) is 12.2 Å². The second-order valence-corrected chi connectivity index (χ2v) is 26.5. The van der Waals surface area contributed by atoms with E-state index in [9.17, 15) is 9.59 Å². The number of esters is 2. The SMILES string of the molecule is CCC(OC(=O)C=CC(=O)OC)[Si]1(O[Si](C)(C)C)CCC(C)(C)O[Si]1(C)C. The highest BCUT2D eigenvalue weighted by Gasteiger charge is 2.64. The maximum Gasteiger partial charge on any atom is 0.331 e. The molecular weight excluding hydrogens is 396 g/mol. The van der Waals surface area contributed by atoms with E-state index in [-0.39, 0.29) is 11.3 Å². The van der Waals surface area contributed by atoms with Gasteiger partial charge in [0.1, 0.15) is 5.73 Å². The lowest BCUT2D eigenvalue weighted by molar-refractivity contribution is -0.141. The summed E-state index contributed by atoms with van der Waals surface area (Å²) < 4.78 is 23.9. The fourth-order valence-corrected chi connectivity index (χ4v) is 27.0. The van der Waals surface area contributed by atoms with E-state index in [1.165, 1.54) is 7.11 Å². The molecule has 0 amide bonds. The number of hydrogen-bond acceptors (Lipinski definition) is 6. The maximum atomic E-state index is 12.4. The van der Waals surface area contributed by atoms with E-state index in [0.29, 0.717) is 6.42 Å². The van der Waals surface area contributed by atoms with Gasteiger partial charge in [-0.15, -0.1) is 0 Å². The highest BCUT2D eigenvalue weighted by molar-refractivity contribution is 7.38. The summed E-state index contributed by atoms with van der Waals surface area (Å²) in [7, 11) is -5.39. The summed E-state index contributed by atoms with van der Waals surface area (Å²) >= 11 is 0. The van der Waals surface area contributed by atoms with Crippen molar-refractivity contribution in [3.8, 4) is 0 Å². The molecule has 27 heavy (non-hydrogen) atoms. The zero-order chi connectivity index (χ0) is 21.1. The third-order valence-corrected chi connectivity index (χ3v) is 23.5. The molecule has 0 bridgehead atoms. The third-order valence-electron chi connectivity index (χ3n) is 4.84. The van der Waals surface area contributed by atoms with Crippen molar-refractivity contribution in [3.63, 3.8) is 0 Å². The van der Waals surface area contributed by atoms with E-state index in [0.717, 1.165) is 24.6 Å². The van der Waals surface area contributed by atoms with E-state index in [2.05, 4.69) is 51.3 Å². The molecule has 0 aromatic rings. The van der Waals surface area contributed by atoms with E-state index >= 15 is 0 Å². The summed E-state index contributed by atoms with van der Waals surface area (Å²) in [6, 6.07) is 0.927. The van der Waals surface area contributed by atoms with Crippen LogP contribution in [0.15, 0.2) is 12.2 Å². The first-order chi connectivity index (χ1) is 12.2. The van der Waals surface area contributed by atoms with Crippen molar-refractivity contribution >= 4 is 35.9 Å². The van der Waals surface area contributed by atoms with Crippen LogP contribution in [-0.4, -0.2) is 54.4 Å². The first kappa shape index (κ1) is 24.3. The highest BCUT2D eigenvalue weighted by atomic mass is 29.3. The van der Waals surface area contributed by atoms with Gasteiger partial charge in [0.2, 0.25) is 15.7 Å². The molecule has 1 aliphatic heterocycles. The van der Waals surface area contributed by atoms with Crippen LogP contribution in [0.1, 0.15) is 33.6 Å². The first-order valence-corrected chi connectivity index (χ1v) is 19.1. The van der Waals surface area contributed by atoms with E-state index in [4.69, 9.17) is 13.3 Å². The summed E-state index contributed by atoms with van der Waals surface area (Å²) in [6.45, 7) is 17.2. The Balaban J connectivity index is 3.23. The Morgan fingerprint density at radius 1 is 1.19 bits per heavy atom. The summed E-state index contributed by atoms with van der Waals surface area (Å²) in [5, 5.41) is 0. The van der Waals surface area contributed by atoms with Crippen LogP contribution in [0, 0.1) is 0 Å². The smallest absolute Gasteiger partial charge is 0.331 e. The van der Waals surface area contributed by atoms with Crippen LogP contribution in [0.25, 0.3) is 0 Å². The van der Waals surface area contributed by atoms with Crippen molar-refractivity contribution in [2.45, 2.75) is 83.7 Å². The van der Waals surface area contributed by atoms with Crippen molar-refractivity contribution in [2.75, 3.05) is 7.11 Å². The average molecular weight is 433 g/mol. The molecular formula is C18H36O6Si3. The van der Waals surface area contributed by atoms with Crippen LogP contribution in [0.5, 0.6) is 0 Å². The van der Waals surface area contributed by atoms with Gasteiger partial charge in [0.15, 0.2) is 8.32 Å². The molecule has 0 spiro atoms. The van der Waals surface area contributed by atoms with Crippen molar-refractivity contribution in [2.24, 2.45) is 0 Å². The molecule has 9 heteroatoms. The zero-order valence-corrected chi connectivity index (χ0v) is 21.3. The second-order valence-electron chi connectivity index (χ2n) is 9.17. The van der Waals surface area contributed by atoms with Gasteiger partial charge >= 0.3 is 11.9 Å². The van der Waals surface area contributed by atoms with Gasteiger partial charge in [0, 0.05) is 12.2 Å². The van der Waals surface area contributed by atoms with Gasteiger partial charge < -0.3 is 18.0 Å². The van der Waals surface area contributed by atoms with Crippen LogP contribution in [-0.2, 0) is 27.6 Å². The molecule has 2 unspecified atom stereocenters. The lowest BCUT2D eigenvalue weighted by Gasteiger charge is -2.55. The molecule has 0 aliphatic carbocycles. The van der Waals surface area contributed by atoms with Crippen LogP contribution in [0.2, 0.25) is 38.8 Å². The largest absolute Gasteiger partial charge is 0.466 e. The Morgan fingerprint density at radius 3 is 2.19 bits per heavy atom. The minimum Gasteiger partial charge on any atom is -0.466 e.